The Kier molecular flexibility index (Phi) is 4.12. The van der Waals surface area contributed by atoms with Crippen LogP contribution < -0.4 is 5.73 Å². The number of pyridine rings is 1. The summed E-state index contributed by atoms with van der Waals surface area (Å²) >= 11 is 0. The monoisotopic (exact) mass is 258 g/mol. The van der Waals surface area contributed by atoms with Crippen LogP contribution in [0.4, 0.5) is 0 Å². The van der Waals surface area contributed by atoms with E-state index in [1.807, 2.05) is 13.1 Å². The van der Waals surface area contributed by atoms with E-state index in [1.54, 1.807) is 0 Å². The normalized spacial score (nSPS) is 12.4. The number of carbonyl (C=O) groups excluding carboxylic acids is 1. The number of hydrogen-bond acceptors (Lipinski definition) is 4. The molecule has 2 aromatic rings. The molecule has 0 saturated heterocycles. The summed E-state index contributed by atoms with van der Waals surface area (Å²) in [7, 11) is 1.35. The van der Waals surface area contributed by atoms with Crippen LogP contribution in [-0.2, 0) is 16.0 Å². The van der Waals surface area contributed by atoms with Crippen molar-refractivity contribution in [1.29, 1.82) is 0 Å². The van der Waals surface area contributed by atoms with Gasteiger partial charge in [-0.15, -0.1) is 0 Å². The van der Waals surface area contributed by atoms with Crippen molar-refractivity contribution >= 4 is 16.9 Å². The smallest absolute Gasteiger partial charge is 0.322 e. The Hall–Kier alpha value is -1.94. The molecule has 0 saturated carbocycles. The van der Waals surface area contributed by atoms with Gasteiger partial charge in [0, 0.05) is 11.6 Å². The van der Waals surface area contributed by atoms with Crippen molar-refractivity contribution in [1.82, 2.24) is 4.98 Å². The largest absolute Gasteiger partial charge is 0.468 e. The van der Waals surface area contributed by atoms with Crippen LogP contribution in [-0.4, -0.2) is 24.1 Å². The number of carbonyl (C=O) groups is 1. The molecule has 100 valence electrons. The Balaban J connectivity index is 2.09. The lowest BCUT2D eigenvalue weighted by Gasteiger charge is -2.09. The molecule has 2 rings (SSSR count). The van der Waals surface area contributed by atoms with Crippen LogP contribution in [0, 0.1) is 6.92 Å². The predicted molar refractivity (Wildman–Crippen MR) is 74.8 cm³/mol. The summed E-state index contributed by atoms with van der Waals surface area (Å²) in [6, 6.07) is 7.69. The summed E-state index contributed by atoms with van der Waals surface area (Å²) in [5, 5.41) is 1.11. The molecule has 0 unspecified atom stereocenters. The fourth-order valence-corrected chi connectivity index (χ4v) is 2.01. The van der Waals surface area contributed by atoms with Gasteiger partial charge in [-0.2, -0.15) is 0 Å². The summed E-state index contributed by atoms with van der Waals surface area (Å²) in [6.45, 7) is 2.05. The van der Waals surface area contributed by atoms with E-state index in [1.165, 1.54) is 12.7 Å². The van der Waals surface area contributed by atoms with Gasteiger partial charge in [0.15, 0.2) is 0 Å². The van der Waals surface area contributed by atoms with E-state index in [-0.39, 0.29) is 5.97 Å². The van der Waals surface area contributed by atoms with Gasteiger partial charge in [0.05, 0.1) is 12.6 Å². The minimum absolute atomic E-state index is 0.371. The summed E-state index contributed by atoms with van der Waals surface area (Å²) in [5.74, 6) is -0.371. The quantitative estimate of drug-likeness (QED) is 0.852. The number of aromatic nitrogens is 1. The first-order valence-corrected chi connectivity index (χ1v) is 6.29. The summed E-state index contributed by atoms with van der Waals surface area (Å²) in [6.07, 6.45) is 3.12. The third-order valence-electron chi connectivity index (χ3n) is 3.14. The van der Waals surface area contributed by atoms with Crippen LogP contribution >= 0.6 is 0 Å². The van der Waals surface area contributed by atoms with Gasteiger partial charge in [-0.25, -0.2) is 0 Å². The molecule has 0 fully saturated rings. The first-order chi connectivity index (χ1) is 9.10. The lowest BCUT2D eigenvalue weighted by Crippen LogP contribution is -2.31. The predicted octanol–water partition coefficient (Wildman–Crippen LogP) is 1.98. The first-order valence-electron chi connectivity index (χ1n) is 6.29. The molecule has 0 aliphatic rings. The third-order valence-corrected chi connectivity index (χ3v) is 3.14. The van der Waals surface area contributed by atoms with E-state index in [9.17, 15) is 4.79 Å². The Morgan fingerprint density at radius 1 is 1.42 bits per heavy atom. The number of nitrogens with two attached hydrogens (primary N) is 1. The molecule has 4 heteroatoms. The molecule has 1 aromatic carbocycles. The van der Waals surface area contributed by atoms with Crippen molar-refractivity contribution in [3.63, 3.8) is 0 Å². The maximum Gasteiger partial charge on any atom is 0.322 e. The molecule has 0 spiro atoms. The minimum Gasteiger partial charge on any atom is -0.468 e. The summed E-state index contributed by atoms with van der Waals surface area (Å²) in [5.41, 5.74) is 8.97. The molecule has 0 radical (unpaired) electrons. The van der Waals surface area contributed by atoms with Crippen LogP contribution in [0.1, 0.15) is 17.5 Å². The zero-order chi connectivity index (χ0) is 13.8. The molecular weight excluding hydrogens is 240 g/mol. The van der Waals surface area contributed by atoms with Gasteiger partial charge in [0.25, 0.3) is 0 Å². The maximum absolute atomic E-state index is 11.2. The van der Waals surface area contributed by atoms with Crippen molar-refractivity contribution in [2.75, 3.05) is 7.11 Å². The van der Waals surface area contributed by atoms with E-state index in [0.29, 0.717) is 12.8 Å². The zero-order valence-corrected chi connectivity index (χ0v) is 11.2. The lowest BCUT2D eigenvalue weighted by atomic mass is 10.0. The van der Waals surface area contributed by atoms with Gasteiger partial charge >= 0.3 is 5.97 Å². The third kappa shape index (κ3) is 3.29. The number of rotatable bonds is 4. The van der Waals surface area contributed by atoms with Gasteiger partial charge in [0.2, 0.25) is 0 Å². The van der Waals surface area contributed by atoms with Crippen LogP contribution in [0.3, 0.4) is 0 Å². The Bertz CT molecular complexity index is 596. The lowest BCUT2D eigenvalue weighted by molar-refractivity contribution is -0.142. The SMILES string of the molecule is COC(=O)[C@@H](N)CCc1cnc2cc(C)ccc2c1. The van der Waals surface area contributed by atoms with Crippen LogP contribution in [0.5, 0.6) is 0 Å². The Morgan fingerprint density at radius 2 is 2.21 bits per heavy atom. The maximum atomic E-state index is 11.2. The second-order valence-electron chi connectivity index (χ2n) is 4.71. The highest BCUT2D eigenvalue weighted by Crippen LogP contribution is 2.16. The highest BCUT2D eigenvalue weighted by atomic mass is 16.5. The molecule has 0 amide bonds. The van der Waals surface area contributed by atoms with E-state index >= 15 is 0 Å². The van der Waals surface area contributed by atoms with Gasteiger partial charge < -0.3 is 10.5 Å². The van der Waals surface area contributed by atoms with E-state index in [0.717, 1.165) is 16.5 Å². The molecule has 19 heavy (non-hydrogen) atoms. The summed E-state index contributed by atoms with van der Waals surface area (Å²) < 4.78 is 4.60. The highest BCUT2D eigenvalue weighted by molar-refractivity contribution is 5.79. The van der Waals surface area contributed by atoms with Crippen molar-refractivity contribution in [2.24, 2.45) is 5.73 Å². The molecule has 0 bridgehead atoms. The van der Waals surface area contributed by atoms with E-state index in [2.05, 4.69) is 34.0 Å². The number of aryl methyl sites for hydroxylation is 2. The number of methoxy groups -OCH3 is 1. The second-order valence-corrected chi connectivity index (χ2v) is 4.71. The average Bonchev–Trinajstić information content (AvgIpc) is 2.43. The van der Waals surface area contributed by atoms with Crippen molar-refractivity contribution in [3.8, 4) is 0 Å². The molecule has 1 aromatic heterocycles. The Labute approximate surface area is 112 Å². The molecule has 0 aliphatic carbocycles. The van der Waals surface area contributed by atoms with Crippen molar-refractivity contribution in [2.45, 2.75) is 25.8 Å². The average molecular weight is 258 g/mol. The number of fused-ring (bicyclic) bond motifs is 1. The second kappa shape index (κ2) is 5.80. The number of ether oxygens (including phenoxy) is 1. The van der Waals surface area contributed by atoms with Crippen molar-refractivity contribution in [3.05, 3.63) is 41.6 Å². The highest BCUT2D eigenvalue weighted by Gasteiger charge is 2.13. The molecule has 2 N–H and O–H groups in total. The van der Waals surface area contributed by atoms with Crippen LogP contribution in [0.15, 0.2) is 30.5 Å². The van der Waals surface area contributed by atoms with E-state index < -0.39 is 6.04 Å². The van der Waals surface area contributed by atoms with Crippen LogP contribution in [0.25, 0.3) is 10.9 Å². The topological polar surface area (TPSA) is 65.2 Å². The number of benzene rings is 1. The molecular formula is C15H18N2O2. The van der Waals surface area contributed by atoms with Gasteiger partial charge in [-0.1, -0.05) is 12.1 Å². The van der Waals surface area contributed by atoms with Gasteiger partial charge in [0.1, 0.15) is 6.04 Å². The zero-order valence-electron chi connectivity index (χ0n) is 11.2. The standard InChI is InChI=1S/C15H18N2O2/c1-10-3-5-12-8-11(9-17-14(12)7-10)4-6-13(16)15(18)19-2/h3,5,7-9,13H,4,6,16H2,1-2H3/t13-/m0/s1. The molecule has 1 heterocycles. The summed E-state index contributed by atoms with van der Waals surface area (Å²) in [4.78, 5) is 15.6. The number of nitrogens with zero attached hydrogens (tertiary/aromatic N) is 1. The van der Waals surface area contributed by atoms with Crippen molar-refractivity contribution < 1.29 is 9.53 Å². The Morgan fingerprint density at radius 3 is 2.95 bits per heavy atom. The minimum atomic E-state index is -0.571. The fourth-order valence-electron chi connectivity index (χ4n) is 2.01. The molecule has 4 nitrogen and oxygen atoms in total. The van der Waals surface area contributed by atoms with Crippen LogP contribution in [0.2, 0.25) is 0 Å². The molecule has 1 atom stereocenters. The molecule has 0 aliphatic heterocycles. The first kappa shape index (κ1) is 13.5. The van der Waals surface area contributed by atoms with E-state index in [4.69, 9.17) is 5.73 Å². The number of esters is 1. The fraction of sp³-hybridized carbons (Fsp3) is 0.333. The number of hydrogen-bond donors (Lipinski definition) is 1. The van der Waals surface area contributed by atoms with Gasteiger partial charge in [-0.3, -0.25) is 9.78 Å². The van der Waals surface area contributed by atoms with Gasteiger partial charge in [-0.05, 0) is 43.0 Å².